The second kappa shape index (κ2) is 7.77. The molecular formula is C22H36O2Si. The van der Waals surface area contributed by atoms with Crippen LogP contribution < -0.4 is 0 Å². The Hall–Kier alpha value is -0.903. The monoisotopic (exact) mass is 360 g/mol. The highest BCUT2D eigenvalue weighted by atomic mass is 28.4. The second-order valence-corrected chi connectivity index (χ2v) is 14.0. The first-order valence-corrected chi connectivity index (χ1v) is 12.5. The predicted molar refractivity (Wildman–Crippen MR) is 109 cm³/mol. The maximum absolute atomic E-state index is 10.6. The molecule has 2 rings (SSSR count). The highest BCUT2D eigenvalue weighted by Gasteiger charge is 2.43. The molecule has 0 aromatic heterocycles. The van der Waals surface area contributed by atoms with Crippen molar-refractivity contribution in [2.75, 3.05) is 0 Å². The van der Waals surface area contributed by atoms with E-state index >= 15 is 0 Å². The molecule has 1 aliphatic rings. The summed E-state index contributed by atoms with van der Waals surface area (Å²) < 4.78 is 6.82. The summed E-state index contributed by atoms with van der Waals surface area (Å²) in [7, 11) is -1.89. The van der Waals surface area contributed by atoms with Gasteiger partial charge >= 0.3 is 0 Å². The largest absolute Gasteiger partial charge is 0.413 e. The standard InChI is InChI=1S/C22H36O2Si/c1-16-19(15-18-11-9-8-10-12-18)13-14-20(23)17(2)21(16)24-25(6,7)22(3,4)5/h8-13,16-17,20-21,23H,14-15H2,1-7H3/t16-,17-,20-,21-/m1/s1. The van der Waals surface area contributed by atoms with Crippen molar-refractivity contribution in [3.05, 3.63) is 47.5 Å². The van der Waals surface area contributed by atoms with Crippen molar-refractivity contribution in [3.8, 4) is 0 Å². The minimum atomic E-state index is -1.89. The van der Waals surface area contributed by atoms with Crippen LogP contribution in [0, 0.1) is 11.8 Å². The lowest BCUT2D eigenvalue weighted by atomic mass is 9.86. The van der Waals surface area contributed by atoms with Gasteiger partial charge in [0.25, 0.3) is 0 Å². The highest BCUT2D eigenvalue weighted by Crippen LogP contribution is 2.41. The number of hydrogen-bond donors (Lipinski definition) is 1. The molecule has 0 radical (unpaired) electrons. The zero-order valence-electron chi connectivity index (χ0n) is 17.0. The zero-order valence-corrected chi connectivity index (χ0v) is 18.0. The fraction of sp³-hybridized carbons (Fsp3) is 0.636. The van der Waals surface area contributed by atoms with Crippen molar-refractivity contribution in [2.24, 2.45) is 11.8 Å². The summed E-state index contributed by atoms with van der Waals surface area (Å²) in [6.45, 7) is 15.9. The summed E-state index contributed by atoms with van der Waals surface area (Å²) in [6.07, 6.45) is 3.68. The van der Waals surface area contributed by atoms with E-state index in [1.807, 2.05) is 0 Å². The number of hydrogen-bond acceptors (Lipinski definition) is 2. The van der Waals surface area contributed by atoms with Crippen LogP contribution >= 0.6 is 0 Å². The minimum Gasteiger partial charge on any atom is -0.413 e. The quantitative estimate of drug-likeness (QED) is 0.561. The van der Waals surface area contributed by atoms with Crippen LogP contribution in [0.3, 0.4) is 0 Å². The van der Waals surface area contributed by atoms with Gasteiger partial charge in [-0.1, -0.05) is 76.6 Å². The van der Waals surface area contributed by atoms with Crippen LogP contribution in [-0.2, 0) is 10.8 Å². The van der Waals surface area contributed by atoms with E-state index in [1.54, 1.807) is 0 Å². The lowest BCUT2D eigenvalue weighted by molar-refractivity contribution is 0.0154. The van der Waals surface area contributed by atoms with Gasteiger partial charge in [-0.2, -0.15) is 0 Å². The van der Waals surface area contributed by atoms with Gasteiger partial charge in [0, 0.05) is 11.8 Å². The lowest BCUT2D eigenvalue weighted by Gasteiger charge is -2.43. The Kier molecular flexibility index (Phi) is 6.34. The molecule has 1 aromatic rings. The van der Waals surface area contributed by atoms with Crippen LogP contribution in [-0.4, -0.2) is 25.6 Å². The molecule has 0 saturated carbocycles. The van der Waals surface area contributed by atoms with Gasteiger partial charge in [-0.15, -0.1) is 0 Å². The smallest absolute Gasteiger partial charge is 0.192 e. The third-order valence-corrected chi connectivity index (χ3v) is 10.8. The molecule has 0 spiro atoms. The zero-order chi connectivity index (χ0) is 18.8. The molecule has 2 nitrogen and oxygen atoms in total. The molecule has 1 aromatic carbocycles. The van der Waals surface area contributed by atoms with Crippen LogP contribution in [0.15, 0.2) is 42.0 Å². The Balaban J connectivity index is 2.26. The lowest BCUT2D eigenvalue weighted by Crippen LogP contribution is -2.49. The Morgan fingerprint density at radius 2 is 1.72 bits per heavy atom. The van der Waals surface area contributed by atoms with Gasteiger partial charge in [0.05, 0.1) is 12.2 Å². The molecule has 0 bridgehead atoms. The normalized spacial score (nSPS) is 28.4. The summed E-state index contributed by atoms with van der Waals surface area (Å²) in [5, 5.41) is 10.8. The van der Waals surface area contributed by atoms with E-state index in [-0.39, 0.29) is 23.2 Å². The maximum atomic E-state index is 10.6. The van der Waals surface area contributed by atoms with Gasteiger partial charge in [-0.25, -0.2) is 0 Å². The van der Waals surface area contributed by atoms with Crippen LogP contribution in [0.2, 0.25) is 18.1 Å². The fourth-order valence-corrected chi connectivity index (χ4v) is 4.80. The van der Waals surface area contributed by atoms with Gasteiger partial charge in [-0.05, 0) is 36.5 Å². The molecule has 3 heteroatoms. The molecule has 25 heavy (non-hydrogen) atoms. The number of aliphatic hydroxyl groups excluding tert-OH is 1. The van der Waals surface area contributed by atoms with Gasteiger partial charge < -0.3 is 9.53 Å². The third-order valence-electron chi connectivity index (χ3n) is 6.31. The molecule has 4 atom stereocenters. The van der Waals surface area contributed by atoms with Crippen LogP contribution in [0.5, 0.6) is 0 Å². The number of benzene rings is 1. The molecule has 140 valence electrons. The van der Waals surface area contributed by atoms with E-state index < -0.39 is 8.32 Å². The van der Waals surface area contributed by atoms with Crippen molar-refractivity contribution in [3.63, 3.8) is 0 Å². The summed E-state index contributed by atoms with van der Waals surface area (Å²) in [6, 6.07) is 10.6. The van der Waals surface area contributed by atoms with E-state index in [0.29, 0.717) is 5.92 Å². The van der Waals surface area contributed by atoms with E-state index in [2.05, 4.69) is 84.1 Å². The third kappa shape index (κ3) is 4.84. The molecule has 1 aliphatic carbocycles. The molecule has 1 N–H and O–H groups in total. The maximum Gasteiger partial charge on any atom is 0.192 e. The first-order chi connectivity index (χ1) is 11.5. The van der Waals surface area contributed by atoms with E-state index in [4.69, 9.17) is 4.43 Å². The minimum absolute atomic E-state index is 0.0772. The van der Waals surface area contributed by atoms with Crippen molar-refractivity contribution in [1.82, 2.24) is 0 Å². The average Bonchev–Trinajstić information content (AvgIpc) is 2.62. The SMILES string of the molecule is C[C@H]1[C@H](O[Si](C)(C)C(C)(C)C)[C@H](C)C(Cc2ccccc2)=CC[C@H]1O. The second-order valence-electron chi connectivity index (χ2n) is 9.24. The Morgan fingerprint density at radius 1 is 1.12 bits per heavy atom. The van der Waals surface area contributed by atoms with Crippen LogP contribution in [0.4, 0.5) is 0 Å². The van der Waals surface area contributed by atoms with Crippen molar-refractivity contribution < 1.29 is 9.53 Å². The predicted octanol–water partition coefficient (Wildman–Crippen LogP) is 5.58. The van der Waals surface area contributed by atoms with Gasteiger partial charge in [0.2, 0.25) is 0 Å². The van der Waals surface area contributed by atoms with Crippen LogP contribution in [0.25, 0.3) is 0 Å². The fourth-order valence-electron chi connectivity index (χ4n) is 3.35. The summed E-state index contributed by atoms with van der Waals surface area (Å²) >= 11 is 0. The van der Waals surface area contributed by atoms with Gasteiger partial charge in [0.1, 0.15) is 0 Å². The van der Waals surface area contributed by atoms with Gasteiger partial charge in [0.15, 0.2) is 8.32 Å². The first-order valence-electron chi connectivity index (χ1n) is 9.61. The Bertz CT molecular complexity index is 586. The van der Waals surface area contributed by atoms with E-state index in [0.717, 1.165) is 12.8 Å². The molecule has 0 fully saturated rings. The molecule has 0 saturated heterocycles. The molecule has 0 amide bonds. The average molecular weight is 361 g/mol. The first kappa shape index (κ1) is 20.4. The van der Waals surface area contributed by atoms with Crippen molar-refractivity contribution in [2.45, 2.75) is 77.8 Å². The van der Waals surface area contributed by atoms with Gasteiger partial charge in [-0.3, -0.25) is 0 Å². The van der Waals surface area contributed by atoms with E-state index in [9.17, 15) is 5.11 Å². The Labute approximate surface area is 155 Å². The summed E-state index contributed by atoms with van der Waals surface area (Å²) in [4.78, 5) is 0. The molecule has 0 unspecified atom stereocenters. The summed E-state index contributed by atoms with van der Waals surface area (Å²) in [5.41, 5.74) is 2.73. The van der Waals surface area contributed by atoms with Crippen LogP contribution in [0.1, 0.15) is 46.6 Å². The molecule has 0 aliphatic heterocycles. The molecule has 0 heterocycles. The van der Waals surface area contributed by atoms with Crippen molar-refractivity contribution in [1.29, 1.82) is 0 Å². The van der Waals surface area contributed by atoms with Crippen molar-refractivity contribution >= 4 is 8.32 Å². The topological polar surface area (TPSA) is 29.5 Å². The molecular weight excluding hydrogens is 324 g/mol. The number of aliphatic hydroxyl groups is 1. The summed E-state index contributed by atoms with van der Waals surface area (Å²) in [5.74, 6) is 0.468. The Morgan fingerprint density at radius 3 is 2.28 bits per heavy atom. The van der Waals surface area contributed by atoms with E-state index in [1.165, 1.54) is 11.1 Å². The number of rotatable bonds is 4. The highest BCUT2D eigenvalue weighted by molar-refractivity contribution is 6.74.